The van der Waals surface area contributed by atoms with E-state index in [1.807, 2.05) is 6.07 Å². The number of carboxylic acids is 1. The van der Waals surface area contributed by atoms with Crippen LogP contribution in [0.25, 0.3) is 0 Å². The highest BCUT2D eigenvalue weighted by Gasteiger charge is 2.20. The molecule has 0 unspecified atom stereocenters. The monoisotopic (exact) mass is 352 g/mol. The van der Waals surface area contributed by atoms with Crippen LogP contribution in [0.3, 0.4) is 0 Å². The van der Waals surface area contributed by atoms with E-state index in [1.165, 1.54) is 12.1 Å². The summed E-state index contributed by atoms with van der Waals surface area (Å²) in [5.74, 6) is -1.38. The van der Waals surface area contributed by atoms with Crippen LogP contribution in [0.2, 0.25) is 0 Å². The molecule has 0 atom stereocenters. The van der Waals surface area contributed by atoms with Gasteiger partial charge in [-0.25, -0.2) is 4.79 Å². The predicted octanol–water partition coefficient (Wildman–Crippen LogP) is 3.46. The van der Waals surface area contributed by atoms with Crippen molar-refractivity contribution in [2.45, 2.75) is 26.2 Å². The fourth-order valence-electron chi connectivity index (χ4n) is 3.07. The van der Waals surface area contributed by atoms with Gasteiger partial charge in [0.25, 0.3) is 5.91 Å². The number of amides is 2. The van der Waals surface area contributed by atoms with E-state index in [4.69, 9.17) is 5.11 Å². The maximum absolute atomic E-state index is 12.5. The molecule has 1 fully saturated rings. The van der Waals surface area contributed by atoms with Crippen LogP contribution in [0.4, 0.5) is 11.4 Å². The summed E-state index contributed by atoms with van der Waals surface area (Å²) in [6, 6.07) is 11.6. The van der Waals surface area contributed by atoms with Crippen molar-refractivity contribution in [1.29, 1.82) is 0 Å². The lowest BCUT2D eigenvalue weighted by Gasteiger charge is -2.27. The predicted molar refractivity (Wildman–Crippen MR) is 98.7 cm³/mol. The number of anilines is 2. The zero-order chi connectivity index (χ0) is 18.7. The summed E-state index contributed by atoms with van der Waals surface area (Å²) in [7, 11) is 0. The average Bonchev–Trinajstić information content (AvgIpc) is 2.61. The Kier molecular flexibility index (Phi) is 5.02. The first kappa shape index (κ1) is 17.7. The summed E-state index contributed by atoms with van der Waals surface area (Å²) in [6.07, 6.45) is 2.41. The number of aryl methyl sites for hydroxylation is 1. The topological polar surface area (TPSA) is 86.7 Å². The van der Waals surface area contributed by atoms with E-state index in [1.54, 1.807) is 36.1 Å². The van der Waals surface area contributed by atoms with Gasteiger partial charge in [0.1, 0.15) is 0 Å². The lowest BCUT2D eigenvalue weighted by molar-refractivity contribution is -0.119. The van der Waals surface area contributed by atoms with Crippen LogP contribution >= 0.6 is 0 Å². The van der Waals surface area contributed by atoms with Gasteiger partial charge in [-0.1, -0.05) is 6.07 Å². The highest BCUT2D eigenvalue weighted by molar-refractivity contribution is 6.06. The third kappa shape index (κ3) is 3.91. The van der Waals surface area contributed by atoms with Gasteiger partial charge < -0.3 is 15.3 Å². The van der Waals surface area contributed by atoms with E-state index >= 15 is 0 Å². The lowest BCUT2D eigenvalue weighted by Crippen LogP contribution is -2.35. The smallest absolute Gasteiger partial charge is 0.335 e. The van der Waals surface area contributed by atoms with Gasteiger partial charge in [0.05, 0.1) is 5.56 Å². The number of hydrogen-bond acceptors (Lipinski definition) is 3. The second-order valence-corrected chi connectivity index (χ2v) is 6.40. The van der Waals surface area contributed by atoms with Gasteiger partial charge in [-0.05, 0) is 61.7 Å². The molecular weight excluding hydrogens is 332 g/mol. The molecule has 1 heterocycles. The number of carbonyl (C=O) groups excluding carboxylic acids is 2. The van der Waals surface area contributed by atoms with Crippen molar-refractivity contribution < 1.29 is 19.5 Å². The Morgan fingerprint density at radius 2 is 1.85 bits per heavy atom. The number of piperidine rings is 1. The van der Waals surface area contributed by atoms with Gasteiger partial charge >= 0.3 is 5.97 Å². The van der Waals surface area contributed by atoms with Crippen LogP contribution < -0.4 is 10.2 Å². The minimum Gasteiger partial charge on any atom is -0.478 e. The standard InChI is InChI=1S/C20H20N2O4/c1-13-9-14(11-15(10-13)20(25)26)19(24)21-16-5-4-6-17(12-16)22-8-3-2-7-18(22)23/h4-6,9-12H,2-3,7-8H2,1H3,(H,21,24)(H,25,26). The molecule has 0 saturated carbocycles. The van der Waals surface area contributed by atoms with Gasteiger partial charge in [-0.15, -0.1) is 0 Å². The maximum Gasteiger partial charge on any atom is 0.335 e. The molecule has 2 aromatic rings. The summed E-state index contributed by atoms with van der Waals surface area (Å²) in [5, 5.41) is 11.9. The molecule has 134 valence electrons. The fraction of sp³-hybridized carbons (Fsp3) is 0.250. The van der Waals surface area contributed by atoms with Crippen LogP contribution in [0, 0.1) is 6.92 Å². The molecule has 6 heteroatoms. The van der Waals surface area contributed by atoms with Crippen LogP contribution in [0.1, 0.15) is 45.5 Å². The Labute approximate surface area is 151 Å². The number of carboxylic acid groups (broad SMARTS) is 1. The molecule has 2 N–H and O–H groups in total. The number of carbonyl (C=O) groups is 3. The minimum atomic E-state index is -1.08. The van der Waals surface area contributed by atoms with E-state index in [0.717, 1.165) is 18.5 Å². The van der Waals surface area contributed by atoms with Gasteiger partial charge in [0.15, 0.2) is 0 Å². The number of nitrogens with one attached hydrogen (secondary N) is 1. The quantitative estimate of drug-likeness (QED) is 0.882. The van der Waals surface area contributed by atoms with E-state index in [-0.39, 0.29) is 17.0 Å². The number of hydrogen-bond donors (Lipinski definition) is 2. The first-order valence-electron chi connectivity index (χ1n) is 8.51. The molecule has 2 amide bonds. The third-order valence-corrected chi connectivity index (χ3v) is 4.33. The van der Waals surface area contributed by atoms with Crippen LogP contribution in [0.15, 0.2) is 42.5 Å². The zero-order valence-corrected chi connectivity index (χ0v) is 14.5. The summed E-state index contributed by atoms with van der Waals surface area (Å²) < 4.78 is 0. The molecule has 0 aliphatic carbocycles. The van der Waals surface area contributed by atoms with E-state index in [9.17, 15) is 14.4 Å². The van der Waals surface area contributed by atoms with Gasteiger partial charge in [-0.2, -0.15) is 0 Å². The summed E-state index contributed by atoms with van der Waals surface area (Å²) in [4.78, 5) is 37.5. The normalized spacial score (nSPS) is 14.2. The number of aromatic carboxylic acids is 1. The Morgan fingerprint density at radius 1 is 1.08 bits per heavy atom. The van der Waals surface area contributed by atoms with Crippen LogP contribution in [-0.4, -0.2) is 29.4 Å². The molecule has 1 saturated heterocycles. The van der Waals surface area contributed by atoms with Gasteiger partial charge in [-0.3, -0.25) is 9.59 Å². The van der Waals surface area contributed by atoms with Gasteiger partial charge in [0.2, 0.25) is 5.91 Å². The van der Waals surface area contributed by atoms with E-state index in [0.29, 0.717) is 24.2 Å². The Morgan fingerprint density at radius 3 is 2.58 bits per heavy atom. The molecule has 3 rings (SSSR count). The number of benzene rings is 2. The highest BCUT2D eigenvalue weighted by atomic mass is 16.4. The van der Waals surface area contributed by atoms with Crippen LogP contribution in [0.5, 0.6) is 0 Å². The number of rotatable bonds is 4. The molecular formula is C20H20N2O4. The van der Waals surface area contributed by atoms with Crippen molar-refractivity contribution in [3.05, 3.63) is 59.2 Å². The van der Waals surface area contributed by atoms with Crippen LogP contribution in [-0.2, 0) is 4.79 Å². The zero-order valence-electron chi connectivity index (χ0n) is 14.5. The van der Waals surface area contributed by atoms with Crippen molar-refractivity contribution in [1.82, 2.24) is 0 Å². The SMILES string of the molecule is Cc1cc(C(=O)O)cc(C(=O)Nc2cccc(N3CCCCC3=O)c2)c1. The molecule has 0 spiro atoms. The molecule has 6 nitrogen and oxygen atoms in total. The molecule has 1 aliphatic heterocycles. The number of nitrogens with zero attached hydrogens (tertiary/aromatic N) is 1. The van der Waals surface area contributed by atoms with Crippen molar-refractivity contribution >= 4 is 29.2 Å². The van der Waals surface area contributed by atoms with Crippen molar-refractivity contribution in [2.24, 2.45) is 0 Å². The fourth-order valence-corrected chi connectivity index (χ4v) is 3.07. The Balaban J connectivity index is 1.81. The molecule has 2 aromatic carbocycles. The summed E-state index contributed by atoms with van der Waals surface area (Å²) in [6.45, 7) is 2.42. The third-order valence-electron chi connectivity index (χ3n) is 4.33. The maximum atomic E-state index is 12.5. The molecule has 0 radical (unpaired) electrons. The molecule has 26 heavy (non-hydrogen) atoms. The first-order valence-corrected chi connectivity index (χ1v) is 8.51. The minimum absolute atomic E-state index is 0.0721. The van der Waals surface area contributed by atoms with E-state index in [2.05, 4.69) is 5.32 Å². The second kappa shape index (κ2) is 7.39. The van der Waals surface area contributed by atoms with Gasteiger partial charge in [0, 0.05) is 29.9 Å². The highest BCUT2D eigenvalue weighted by Crippen LogP contribution is 2.24. The van der Waals surface area contributed by atoms with Crippen molar-refractivity contribution in [2.75, 3.05) is 16.8 Å². The molecule has 1 aliphatic rings. The lowest BCUT2D eigenvalue weighted by atomic mass is 10.1. The molecule has 0 bridgehead atoms. The Bertz CT molecular complexity index is 876. The first-order chi connectivity index (χ1) is 12.4. The second-order valence-electron chi connectivity index (χ2n) is 6.40. The summed E-state index contributed by atoms with van der Waals surface area (Å²) >= 11 is 0. The molecule has 0 aromatic heterocycles. The van der Waals surface area contributed by atoms with Crippen molar-refractivity contribution in [3.63, 3.8) is 0 Å². The Hall–Kier alpha value is -3.15. The largest absolute Gasteiger partial charge is 0.478 e. The van der Waals surface area contributed by atoms with Crippen molar-refractivity contribution in [3.8, 4) is 0 Å². The summed E-state index contributed by atoms with van der Waals surface area (Å²) in [5.41, 5.74) is 2.36. The van der Waals surface area contributed by atoms with E-state index < -0.39 is 11.9 Å². The average molecular weight is 352 g/mol.